The van der Waals surface area contributed by atoms with Crippen LogP contribution in [0.25, 0.3) is 0 Å². The number of anilines is 2. The molecule has 0 bridgehead atoms. The van der Waals surface area contributed by atoms with Crippen molar-refractivity contribution in [2.24, 2.45) is 23.7 Å². The summed E-state index contributed by atoms with van der Waals surface area (Å²) in [6, 6.07) is 6.58. The van der Waals surface area contributed by atoms with Crippen molar-refractivity contribution in [1.82, 2.24) is 9.97 Å². The zero-order valence-electron chi connectivity index (χ0n) is 25.6. The van der Waals surface area contributed by atoms with Gasteiger partial charge in [0.2, 0.25) is 5.88 Å². The van der Waals surface area contributed by atoms with Gasteiger partial charge < -0.3 is 19.3 Å². The number of hydrogen-bond donors (Lipinski definition) is 0. The summed E-state index contributed by atoms with van der Waals surface area (Å²) in [6.45, 7) is 15.9. The van der Waals surface area contributed by atoms with Gasteiger partial charge in [0.25, 0.3) is 0 Å². The number of rotatable bonds is 11. The molecule has 2 aliphatic rings. The average Bonchev–Trinajstić information content (AvgIpc) is 2.99. The average molecular weight is 537 g/mol. The Hall–Kier alpha value is -2.50. The van der Waals surface area contributed by atoms with Crippen molar-refractivity contribution < 1.29 is 9.47 Å². The van der Waals surface area contributed by atoms with Gasteiger partial charge in [-0.2, -0.15) is 4.98 Å². The third kappa shape index (κ3) is 7.18. The predicted octanol–water partition coefficient (Wildman–Crippen LogP) is 7.37. The summed E-state index contributed by atoms with van der Waals surface area (Å²) >= 11 is 0. The normalized spacial score (nSPS) is 18.9. The van der Waals surface area contributed by atoms with Gasteiger partial charge in [-0.25, -0.2) is 4.98 Å². The summed E-state index contributed by atoms with van der Waals surface area (Å²) in [7, 11) is 3.51. The monoisotopic (exact) mass is 536 g/mol. The number of aryl methyl sites for hydroxylation is 1. The van der Waals surface area contributed by atoms with Gasteiger partial charge >= 0.3 is 0 Å². The lowest BCUT2D eigenvalue weighted by atomic mass is 9.81. The fourth-order valence-corrected chi connectivity index (χ4v) is 6.58. The number of aromatic nitrogens is 2. The highest BCUT2D eigenvalue weighted by Crippen LogP contribution is 2.36. The zero-order valence-corrected chi connectivity index (χ0v) is 25.6. The van der Waals surface area contributed by atoms with Crippen molar-refractivity contribution in [3.63, 3.8) is 0 Å². The lowest BCUT2D eigenvalue weighted by Crippen LogP contribution is -2.36. The van der Waals surface area contributed by atoms with Crippen LogP contribution in [0, 0.1) is 23.7 Å². The van der Waals surface area contributed by atoms with Crippen LogP contribution in [-0.4, -0.2) is 50.4 Å². The molecule has 0 aromatic carbocycles. The molecule has 0 saturated carbocycles. The fourth-order valence-electron chi connectivity index (χ4n) is 6.58. The van der Waals surface area contributed by atoms with Crippen molar-refractivity contribution in [2.45, 2.75) is 85.5 Å². The first-order valence-electron chi connectivity index (χ1n) is 15.4. The molecular weight excluding hydrogens is 484 g/mol. The summed E-state index contributed by atoms with van der Waals surface area (Å²) in [5.41, 5.74) is 2.47. The summed E-state index contributed by atoms with van der Waals surface area (Å²) < 4.78 is 11.4. The zero-order chi connectivity index (χ0) is 27.9. The maximum Gasteiger partial charge on any atom is 0.218 e. The van der Waals surface area contributed by atoms with Crippen LogP contribution >= 0.6 is 0 Å². The molecule has 6 nitrogen and oxygen atoms in total. The molecule has 0 aliphatic carbocycles. The molecule has 2 saturated heterocycles. The highest BCUT2D eigenvalue weighted by atomic mass is 16.5. The third-order valence-corrected chi connectivity index (χ3v) is 9.65. The third-order valence-electron chi connectivity index (χ3n) is 9.65. The molecule has 2 aromatic rings. The number of piperidine rings is 2. The highest BCUT2D eigenvalue weighted by Gasteiger charge is 2.27. The van der Waals surface area contributed by atoms with E-state index < -0.39 is 0 Å². The Kier molecular flexibility index (Phi) is 10.4. The Labute approximate surface area is 237 Å². The smallest absolute Gasteiger partial charge is 0.218 e. The molecule has 0 N–H and O–H groups in total. The van der Waals surface area contributed by atoms with E-state index in [4.69, 9.17) is 19.4 Å². The number of ether oxygens (including phenoxy) is 2. The SMILES string of the molecule is CCc1ccc(N2CCC(C(C)CCC(C)c3cnc(N4CCC(C(C)C)CC4)c(OC)c3)CC2)nc1OC. The number of pyridine rings is 2. The van der Waals surface area contributed by atoms with Crippen molar-refractivity contribution in [3.05, 3.63) is 35.5 Å². The van der Waals surface area contributed by atoms with Gasteiger partial charge in [-0.3, -0.25) is 0 Å². The largest absolute Gasteiger partial charge is 0.493 e. The van der Waals surface area contributed by atoms with Crippen molar-refractivity contribution >= 4 is 11.6 Å². The van der Waals surface area contributed by atoms with Crippen molar-refractivity contribution in [3.8, 4) is 11.6 Å². The van der Waals surface area contributed by atoms with E-state index in [-0.39, 0.29) is 0 Å². The van der Waals surface area contributed by atoms with Crippen LogP contribution in [0.2, 0.25) is 0 Å². The van der Waals surface area contributed by atoms with E-state index in [0.717, 1.165) is 79.5 Å². The number of nitrogens with zero attached hydrogens (tertiary/aromatic N) is 4. The fraction of sp³-hybridized carbons (Fsp3) is 0.697. The minimum absolute atomic E-state index is 0.475. The van der Waals surface area contributed by atoms with E-state index in [1.807, 2.05) is 0 Å². The molecule has 0 radical (unpaired) electrons. The molecule has 4 rings (SSSR count). The molecule has 2 unspecified atom stereocenters. The second-order valence-electron chi connectivity index (χ2n) is 12.3. The summed E-state index contributed by atoms with van der Waals surface area (Å²) in [6.07, 6.45) is 10.4. The van der Waals surface area contributed by atoms with Crippen LogP contribution in [-0.2, 0) is 6.42 Å². The van der Waals surface area contributed by atoms with E-state index >= 15 is 0 Å². The molecule has 4 heterocycles. The van der Waals surface area contributed by atoms with Gasteiger partial charge in [-0.15, -0.1) is 0 Å². The maximum atomic E-state index is 5.84. The van der Waals surface area contributed by atoms with Gasteiger partial charge in [-0.1, -0.05) is 34.6 Å². The topological polar surface area (TPSA) is 50.7 Å². The van der Waals surface area contributed by atoms with Crippen LogP contribution in [0.4, 0.5) is 11.6 Å². The molecule has 216 valence electrons. The second kappa shape index (κ2) is 13.7. The molecule has 39 heavy (non-hydrogen) atoms. The second-order valence-corrected chi connectivity index (χ2v) is 12.3. The summed E-state index contributed by atoms with van der Waals surface area (Å²) in [4.78, 5) is 14.6. The van der Waals surface area contributed by atoms with Gasteiger partial charge in [0.1, 0.15) is 5.82 Å². The first-order valence-corrected chi connectivity index (χ1v) is 15.4. The van der Waals surface area contributed by atoms with Crippen LogP contribution in [0.15, 0.2) is 24.4 Å². The number of methoxy groups -OCH3 is 2. The minimum atomic E-state index is 0.475. The molecule has 0 spiro atoms. The first kappa shape index (κ1) is 29.5. The quantitative estimate of drug-likeness (QED) is 0.299. The Morgan fingerprint density at radius 3 is 2.15 bits per heavy atom. The van der Waals surface area contributed by atoms with Crippen LogP contribution < -0.4 is 19.3 Å². The minimum Gasteiger partial charge on any atom is -0.493 e. The van der Waals surface area contributed by atoms with Gasteiger partial charge in [0, 0.05) is 37.9 Å². The Bertz CT molecular complexity index is 1040. The van der Waals surface area contributed by atoms with E-state index in [1.54, 1.807) is 14.2 Å². The predicted molar refractivity (Wildman–Crippen MR) is 162 cm³/mol. The highest BCUT2D eigenvalue weighted by molar-refractivity contribution is 5.54. The van der Waals surface area contributed by atoms with Crippen LogP contribution in [0.1, 0.15) is 90.2 Å². The Morgan fingerprint density at radius 1 is 0.872 bits per heavy atom. The molecule has 6 heteroatoms. The van der Waals surface area contributed by atoms with Gasteiger partial charge in [0.15, 0.2) is 11.6 Å². The van der Waals surface area contributed by atoms with Gasteiger partial charge in [-0.05, 0) is 98.3 Å². The molecule has 2 atom stereocenters. The van der Waals surface area contributed by atoms with E-state index in [1.165, 1.54) is 49.7 Å². The van der Waals surface area contributed by atoms with Gasteiger partial charge in [0.05, 0.1) is 14.2 Å². The molecular formula is C33H52N4O2. The molecule has 0 amide bonds. The lowest BCUT2D eigenvalue weighted by Gasteiger charge is -2.36. The first-order chi connectivity index (χ1) is 18.8. The molecule has 2 fully saturated rings. The van der Waals surface area contributed by atoms with E-state index in [0.29, 0.717) is 5.92 Å². The lowest BCUT2D eigenvalue weighted by molar-refractivity contribution is 0.270. The Morgan fingerprint density at radius 2 is 1.54 bits per heavy atom. The van der Waals surface area contributed by atoms with Crippen LogP contribution in [0.3, 0.4) is 0 Å². The van der Waals surface area contributed by atoms with Crippen molar-refractivity contribution in [2.75, 3.05) is 50.2 Å². The standard InChI is InChI=1S/C33H52N4O2/c1-8-26-11-12-31(35-33(26)39-7)36-17-15-28(16-18-36)24(4)9-10-25(5)29-21-30(38-6)32(34-22-29)37-19-13-27(14-20-37)23(2)3/h11-12,21-25,27-28H,8-10,13-20H2,1-7H3. The van der Waals surface area contributed by atoms with E-state index in [9.17, 15) is 0 Å². The number of hydrogen-bond acceptors (Lipinski definition) is 6. The van der Waals surface area contributed by atoms with E-state index in [2.05, 4.69) is 68.8 Å². The maximum absolute atomic E-state index is 5.84. The Balaban J connectivity index is 1.27. The molecule has 2 aromatic heterocycles. The van der Waals surface area contributed by atoms with Crippen LogP contribution in [0.5, 0.6) is 11.6 Å². The van der Waals surface area contributed by atoms with Crippen molar-refractivity contribution in [1.29, 1.82) is 0 Å². The molecule has 2 aliphatic heterocycles. The summed E-state index contributed by atoms with van der Waals surface area (Å²) in [5.74, 6) is 7.33. The summed E-state index contributed by atoms with van der Waals surface area (Å²) in [5, 5.41) is 0.